The van der Waals surface area contributed by atoms with Crippen LogP contribution in [0.3, 0.4) is 0 Å². The van der Waals surface area contributed by atoms with Gasteiger partial charge in [-0.1, -0.05) is 0 Å². The summed E-state index contributed by atoms with van der Waals surface area (Å²) in [7, 11) is 0. The number of carboxylic acids is 1. The third kappa shape index (κ3) is 1.89. The summed E-state index contributed by atoms with van der Waals surface area (Å²) < 4.78 is 5.54. The standard InChI is InChI=1S/C13H8N2O4/c16-9-6-11(12-14-3-4-15-12)19-10-2-1-7(13(17)18)5-8(9)10/h1-6H,(H,14,15)(H,17,18). The molecule has 0 fully saturated rings. The number of hydrogen-bond donors (Lipinski definition) is 2. The van der Waals surface area contributed by atoms with Crippen molar-refractivity contribution in [2.45, 2.75) is 0 Å². The molecule has 94 valence electrons. The third-order valence-electron chi connectivity index (χ3n) is 2.71. The molecule has 0 saturated heterocycles. The number of aromatic amines is 1. The van der Waals surface area contributed by atoms with Crippen LogP contribution < -0.4 is 5.43 Å². The van der Waals surface area contributed by atoms with E-state index in [4.69, 9.17) is 9.52 Å². The molecular weight excluding hydrogens is 248 g/mol. The van der Waals surface area contributed by atoms with Crippen molar-refractivity contribution in [1.82, 2.24) is 9.97 Å². The molecule has 0 amide bonds. The van der Waals surface area contributed by atoms with Crippen molar-refractivity contribution in [2.75, 3.05) is 0 Å². The van der Waals surface area contributed by atoms with Gasteiger partial charge >= 0.3 is 5.97 Å². The fourth-order valence-corrected chi connectivity index (χ4v) is 1.81. The topological polar surface area (TPSA) is 96.2 Å². The number of aromatic carboxylic acids is 1. The third-order valence-corrected chi connectivity index (χ3v) is 2.71. The first kappa shape index (κ1) is 11.2. The van der Waals surface area contributed by atoms with E-state index in [0.29, 0.717) is 17.2 Å². The fourth-order valence-electron chi connectivity index (χ4n) is 1.81. The van der Waals surface area contributed by atoms with Gasteiger partial charge in [-0.25, -0.2) is 9.78 Å². The highest BCUT2D eigenvalue weighted by molar-refractivity contribution is 5.92. The molecule has 0 aliphatic rings. The van der Waals surface area contributed by atoms with E-state index in [9.17, 15) is 9.59 Å². The van der Waals surface area contributed by atoms with Crippen molar-refractivity contribution in [3.63, 3.8) is 0 Å². The Hall–Kier alpha value is -2.89. The molecule has 1 aromatic carbocycles. The van der Waals surface area contributed by atoms with Crippen LogP contribution in [0, 0.1) is 0 Å². The normalized spacial score (nSPS) is 10.7. The molecular formula is C13H8N2O4. The van der Waals surface area contributed by atoms with E-state index in [1.54, 1.807) is 12.4 Å². The van der Waals surface area contributed by atoms with Gasteiger partial charge in [0.1, 0.15) is 5.58 Å². The van der Waals surface area contributed by atoms with Gasteiger partial charge in [0, 0.05) is 18.5 Å². The highest BCUT2D eigenvalue weighted by atomic mass is 16.4. The van der Waals surface area contributed by atoms with Crippen molar-refractivity contribution in [2.24, 2.45) is 0 Å². The number of carboxylic acid groups (broad SMARTS) is 1. The molecule has 3 rings (SSSR count). The van der Waals surface area contributed by atoms with Crippen molar-refractivity contribution < 1.29 is 14.3 Å². The Kier molecular flexibility index (Phi) is 2.42. The molecule has 0 aliphatic heterocycles. The van der Waals surface area contributed by atoms with E-state index < -0.39 is 5.97 Å². The number of carbonyl (C=O) groups is 1. The zero-order valence-electron chi connectivity index (χ0n) is 9.58. The highest BCUT2D eigenvalue weighted by Crippen LogP contribution is 2.19. The molecule has 0 saturated carbocycles. The SMILES string of the molecule is O=C(O)c1ccc2oc(-c3ncc[nH]3)cc(=O)c2c1. The van der Waals surface area contributed by atoms with Crippen molar-refractivity contribution in [3.05, 3.63) is 52.4 Å². The first-order valence-corrected chi connectivity index (χ1v) is 5.46. The molecule has 2 aromatic heterocycles. The Labute approximate surface area is 106 Å². The second-order valence-corrected chi connectivity index (χ2v) is 3.93. The summed E-state index contributed by atoms with van der Waals surface area (Å²) in [5.74, 6) is -0.330. The molecule has 3 aromatic rings. The number of aromatic nitrogens is 2. The van der Waals surface area contributed by atoms with Gasteiger partial charge in [-0.05, 0) is 18.2 Å². The Balaban J connectivity index is 2.26. The number of benzene rings is 1. The largest absolute Gasteiger partial charge is 0.478 e. The van der Waals surface area contributed by atoms with Crippen LogP contribution in [-0.2, 0) is 0 Å². The molecule has 0 atom stereocenters. The summed E-state index contributed by atoms with van der Waals surface area (Å²) >= 11 is 0. The molecule has 19 heavy (non-hydrogen) atoms. The Bertz CT molecular complexity index is 818. The Morgan fingerprint density at radius 1 is 1.32 bits per heavy atom. The van der Waals surface area contributed by atoms with Crippen LogP contribution in [0.4, 0.5) is 0 Å². The van der Waals surface area contributed by atoms with Crippen LogP contribution in [0.5, 0.6) is 0 Å². The van der Waals surface area contributed by atoms with E-state index in [0.717, 1.165) is 0 Å². The number of imidazole rings is 1. The maximum Gasteiger partial charge on any atom is 0.335 e. The second kappa shape index (κ2) is 4.09. The van der Waals surface area contributed by atoms with Crippen molar-refractivity contribution in [3.8, 4) is 11.6 Å². The summed E-state index contributed by atoms with van der Waals surface area (Å²) in [4.78, 5) is 29.7. The lowest BCUT2D eigenvalue weighted by molar-refractivity contribution is 0.0697. The Morgan fingerprint density at radius 3 is 2.84 bits per heavy atom. The first-order chi connectivity index (χ1) is 9.15. The minimum absolute atomic E-state index is 0.0468. The fraction of sp³-hybridized carbons (Fsp3) is 0. The van der Waals surface area contributed by atoms with E-state index in [1.807, 2.05) is 0 Å². The maximum atomic E-state index is 12.0. The molecule has 2 heterocycles. The average Bonchev–Trinajstić information content (AvgIpc) is 2.92. The maximum absolute atomic E-state index is 12.0. The molecule has 0 bridgehead atoms. The number of hydrogen-bond acceptors (Lipinski definition) is 4. The highest BCUT2D eigenvalue weighted by Gasteiger charge is 2.11. The van der Waals surface area contributed by atoms with E-state index in [-0.39, 0.29) is 16.4 Å². The molecule has 0 spiro atoms. The van der Waals surface area contributed by atoms with Gasteiger partial charge in [-0.2, -0.15) is 0 Å². The molecule has 6 nitrogen and oxygen atoms in total. The second-order valence-electron chi connectivity index (χ2n) is 3.93. The van der Waals surface area contributed by atoms with Gasteiger partial charge in [0.05, 0.1) is 10.9 Å². The van der Waals surface area contributed by atoms with Gasteiger partial charge in [0.2, 0.25) is 0 Å². The number of nitrogens with one attached hydrogen (secondary N) is 1. The molecule has 0 aliphatic carbocycles. The van der Waals surface area contributed by atoms with Crippen LogP contribution in [0.2, 0.25) is 0 Å². The average molecular weight is 256 g/mol. The summed E-state index contributed by atoms with van der Waals surface area (Å²) in [5.41, 5.74) is 0.0604. The predicted molar refractivity (Wildman–Crippen MR) is 67.0 cm³/mol. The van der Waals surface area contributed by atoms with Crippen LogP contribution in [0.1, 0.15) is 10.4 Å². The Morgan fingerprint density at radius 2 is 2.16 bits per heavy atom. The molecule has 2 N–H and O–H groups in total. The quantitative estimate of drug-likeness (QED) is 0.729. The van der Waals surface area contributed by atoms with Gasteiger partial charge in [-0.15, -0.1) is 0 Å². The minimum atomic E-state index is -1.09. The van der Waals surface area contributed by atoms with Crippen LogP contribution in [0.25, 0.3) is 22.6 Å². The van der Waals surface area contributed by atoms with Gasteiger partial charge in [-0.3, -0.25) is 4.79 Å². The zero-order chi connectivity index (χ0) is 13.4. The van der Waals surface area contributed by atoms with Crippen LogP contribution in [0.15, 0.2) is 45.9 Å². The predicted octanol–water partition coefficient (Wildman–Crippen LogP) is 1.88. The van der Waals surface area contributed by atoms with E-state index in [2.05, 4.69) is 9.97 Å². The zero-order valence-corrected chi connectivity index (χ0v) is 9.58. The van der Waals surface area contributed by atoms with Crippen molar-refractivity contribution >= 4 is 16.9 Å². The smallest absolute Gasteiger partial charge is 0.335 e. The van der Waals surface area contributed by atoms with E-state index >= 15 is 0 Å². The number of nitrogens with zero attached hydrogens (tertiary/aromatic N) is 1. The summed E-state index contributed by atoms with van der Waals surface area (Å²) in [6.45, 7) is 0. The summed E-state index contributed by atoms with van der Waals surface area (Å²) in [6.07, 6.45) is 3.17. The van der Waals surface area contributed by atoms with Gasteiger partial charge < -0.3 is 14.5 Å². The van der Waals surface area contributed by atoms with Crippen LogP contribution in [-0.4, -0.2) is 21.0 Å². The number of H-pyrrole nitrogens is 1. The molecule has 6 heteroatoms. The van der Waals surface area contributed by atoms with Gasteiger partial charge in [0.15, 0.2) is 17.0 Å². The van der Waals surface area contributed by atoms with Gasteiger partial charge in [0.25, 0.3) is 0 Å². The molecule has 0 radical (unpaired) electrons. The van der Waals surface area contributed by atoms with Crippen LogP contribution >= 0.6 is 0 Å². The minimum Gasteiger partial charge on any atom is -0.478 e. The van der Waals surface area contributed by atoms with E-state index in [1.165, 1.54) is 24.3 Å². The summed E-state index contributed by atoms with van der Waals surface area (Å²) in [5, 5.41) is 9.12. The van der Waals surface area contributed by atoms with Crippen molar-refractivity contribution in [1.29, 1.82) is 0 Å². The lowest BCUT2D eigenvalue weighted by Crippen LogP contribution is -2.03. The first-order valence-electron chi connectivity index (χ1n) is 5.46. The number of fused-ring (bicyclic) bond motifs is 1. The molecule has 0 unspecified atom stereocenters. The number of rotatable bonds is 2. The monoisotopic (exact) mass is 256 g/mol. The lowest BCUT2D eigenvalue weighted by atomic mass is 10.1. The summed E-state index contributed by atoms with van der Waals surface area (Å²) in [6, 6.07) is 5.44. The lowest BCUT2D eigenvalue weighted by Gasteiger charge is -2.01.